The van der Waals surface area contributed by atoms with Crippen LogP contribution >= 0.6 is 0 Å². The van der Waals surface area contributed by atoms with Gasteiger partial charge in [0, 0.05) is 38.1 Å². The fourth-order valence-electron chi connectivity index (χ4n) is 3.61. The third-order valence-electron chi connectivity index (χ3n) is 4.95. The summed E-state index contributed by atoms with van der Waals surface area (Å²) in [6, 6.07) is 10.0. The lowest BCUT2D eigenvalue weighted by Gasteiger charge is -2.29. The van der Waals surface area contributed by atoms with E-state index in [1.54, 1.807) is 11.4 Å². The van der Waals surface area contributed by atoms with Crippen molar-refractivity contribution in [3.63, 3.8) is 0 Å². The van der Waals surface area contributed by atoms with Crippen molar-refractivity contribution in [2.45, 2.75) is 39.7 Å². The molecular weight excluding hydrogens is 362 g/mol. The summed E-state index contributed by atoms with van der Waals surface area (Å²) in [6.45, 7) is 5.74. The summed E-state index contributed by atoms with van der Waals surface area (Å²) in [5.74, 6) is 0.161. The van der Waals surface area contributed by atoms with E-state index in [4.69, 9.17) is 4.74 Å². The lowest BCUT2D eigenvalue weighted by atomic mass is 9.88. The van der Waals surface area contributed by atoms with Crippen molar-refractivity contribution in [2.75, 3.05) is 26.0 Å². The molecule has 0 saturated carbocycles. The van der Waals surface area contributed by atoms with Crippen LogP contribution in [0.2, 0.25) is 0 Å². The Hall–Kier alpha value is -1.70. The van der Waals surface area contributed by atoms with Gasteiger partial charge in [0.15, 0.2) is 0 Å². The fraction of sp³-hybridized carbons (Fsp3) is 0.550. The molecule has 0 N–H and O–H groups in total. The molecule has 0 radical (unpaired) electrons. The molecular formula is C20H29N3O3S. The molecule has 0 spiro atoms. The van der Waals surface area contributed by atoms with Gasteiger partial charge in [0.05, 0.1) is 17.6 Å². The molecule has 6 nitrogen and oxygen atoms in total. The first-order valence-corrected chi connectivity index (χ1v) is 11.0. The molecule has 0 amide bonds. The summed E-state index contributed by atoms with van der Waals surface area (Å²) in [6.07, 6.45) is 3.97. The van der Waals surface area contributed by atoms with Crippen LogP contribution in [0.3, 0.4) is 0 Å². The fourth-order valence-corrected chi connectivity index (χ4v) is 5.32. The van der Waals surface area contributed by atoms with Gasteiger partial charge in [-0.15, -0.1) is 0 Å². The van der Waals surface area contributed by atoms with Gasteiger partial charge in [-0.1, -0.05) is 32.0 Å². The van der Waals surface area contributed by atoms with Gasteiger partial charge < -0.3 is 4.74 Å². The minimum Gasteiger partial charge on any atom is -0.385 e. The van der Waals surface area contributed by atoms with Crippen molar-refractivity contribution < 1.29 is 13.2 Å². The number of methoxy groups -OCH3 is 1. The number of hydrogen-bond acceptors (Lipinski definition) is 4. The molecule has 0 atom stereocenters. The smallest absolute Gasteiger partial charge is 0.214 e. The average Bonchev–Trinajstić information content (AvgIpc) is 2.94. The van der Waals surface area contributed by atoms with Crippen molar-refractivity contribution in [3.05, 3.63) is 47.8 Å². The topological polar surface area (TPSA) is 64.4 Å². The molecule has 7 heteroatoms. The monoisotopic (exact) mass is 391 g/mol. The van der Waals surface area contributed by atoms with Crippen LogP contribution in [0, 0.1) is 5.41 Å². The van der Waals surface area contributed by atoms with E-state index in [1.165, 1.54) is 0 Å². The summed E-state index contributed by atoms with van der Waals surface area (Å²) in [5.41, 5.74) is 2.93. The van der Waals surface area contributed by atoms with Crippen molar-refractivity contribution in [1.82, 2.24) is 14.1 Å². The number of rotatable bonds is 7. The van der Waals surface area contributed by atoms with Gasteiger partial charge >= 0.3 is 0 Å². The third kappa shape index (κ3) is 4.78. The predicted molar refractivity (Wildman–Crippen MR) is 106 cm³/mol. The Morgan fingerprint density at radius 1 is 1.19 bits per heavy atom. The van der Waals surface area contributed by atoms with Crippen LogP contribution in [0.25, 0.3) is 5.69 Å². The Balaban J connectivity index is 1.87. The van der Waals surface area contributed by atoms with E-state index in [0.717, 1.165) is 29.8 Å². The zero-order chi connectivity index (χ0) is 19.5. The predicted octanol–water partition coefficient (Wildman–Crippen LogP) is 3.01. The number of benzene rings is 1. The highest BCUT2D eigenvalue weighted by atomic mass is 32.2. The molecule has 3 rings (SSSR count). The second-order valence-corrected chi connectivity index (χ2v) is 10.1. The van der Waals surface area contributed by atoms with E-state index < -0.39 is 10.0 Å². The van der Waals surface area contributed by atoms with E-state index >= 15 is 0 Å². The highest BCUT2D eigenvalue weighted by molar-refractivity contribution is 7.89. The first-order valence-electron chi connectivity index (χ1n) is 9.40. The number of hydrogen-bond donors (Lipinski definition) is 0. The maximum absolute atomic E-state index is 12.9. The molecule has 0 bridgehead atoms. The van der Waals surface area contributed by atoms with Gasteiger partial charge in [0.25, 0.3) is 0 Å². The van der Waals surface area contributed by atoms with E-state index in [-0.39, 0.29) is 11.2 Å². The molecule has 0 aliphatic carbocycles. The van der Waals surface area contributed by atoms with E-state index in [2.05, 4.69) is 18.9 Å². The zero-order valence-corrected chi connectivity index (χ0v) is 17.2. The van der Waals surface area contributed by atoms with Crippen LogP contribution in [-0.2, 0) is 27.7 Å². The highest BCUT2D eigenvalue weighted by Crippen LogP contribution is 2.32. The van der Waals surface area contributed by atoms with Gasteiger partial charge in [-0.2, -0.15) is 9.40 Å². The molecule has 1 aliphatic heterocycles. The van der Waals surface area contributed by atoms with Gasteiger partial charge in [0.1, 0.15) is 0 Å². The number of para-hydroxylation sites is 1. The quantitative estimate of drug-likeness (QED) is 0.681. The summed E-state index contributed by atoms with van der Waals surface area (Å²) >= 11 is 0. The largest absolute Gasteiger partial charge is 0.385 e. The number of aromatic nitrogens is 2. The van der Waals surface area contributed by atoms with Gasteiger partial charge in [-0.3, -0.25) is 0 Å². The molecule has 0 fully saturated rings. The van der Waals surface area contributed by atoms with E-state index in [1.807, 2.05) is 41.2 Å². The van der Waals surface area contributed by atoms with Crippen molar-refractivity contribution in [1.29, 1.82) is 0 Å². The molecule has 0 unspecified atom stereocenters. The summed E-state index contributed by atoms with van der Waals surface area (Å²) in [7, 11) is -1.68. The maximum atomic E-state index is 12.9. The van der Waals surface area contributed by atoms with Crippen LogP contribution in [0.1, 0.15) is 37.9 Å². The standard InChI is InChI=1S/C20H29N3O3S/c1-20(2)13-19-17(14-21-23(19)18-9-5-4-6-10-18)15-22(16-20)27(24,25)12-8-7-11-26-3/h4-6,9-10,14H,7-8,11-13,15-16H2,1-3H3. The average molecular weight is 392 g/mol. The summed E-state index contributed by atoms with van der Waals surface area (Å²) < 4.78 is 34.5. The first kappa shape index (κ1) is 20.0. The van der Waals surface area contributed by atoms with E-state index in [0.29, 0.717) is 26.1 Å². The van der Waals surface area contributed by atoms with Crippen LogP contribution in [-0.4, -0.2) is 48.5 Å². The first-order chi connectivity index (χ1) is 12.8. The molecule has 0 saturated heterocycles. The van der Waals surface area contributed by atoms with Gasteiger partial charge in [-0.05, 0) is 36.8 Å². The maximum Gasteiger partial charge on any atom is 0.214 e. The lowest BCUT2D eigenvalue weighted by molar-refractivity contribution is 0.194. The van der Waals surface area contributed by atoms with Gasteiger partial charge in [-0.25, -0.2) is 13.1 Å². The Morgan fingerprint density at radius 2 is 1.93 bits per heavy atom. The SMILES string of the molecule is COCCCCS(=O)(=O)N1Cc2cnn(-c3ccccc3)c2CC(C)(C)C1. The number of fused-ring (bicyclic) bond motifs is 1. The molecule has 1 aromatic heterocycles. The highest BCUT2D eigenvalue weighted by Gasteiger charge is 2.35. The van der Waals surface area contributed by atoms with E-state index in [9.17, 15) is 8.42 Å². The lowest BCUT2D eigenvalue weighted by Crippen LogP contribution is -2.38. The number of ether oxygens (including phenoxy) is 1. The molecule has 27 heavy (non-hydrogen) atoms. The molecule has 2 aromatic rings. The number of sulfonamides is 1. The number of unbranched alkanes of at least 4 members (excludes halogenated alkanes) is 1. The Morgan fingerprint density at radius 3 is 2.63 bits per heavy atom. The summed E-state index contributed by atoms with van der Waals surface area (Å²) in [4.78, 5) is 0. The van der Waals surface area contributed by atoms with Crippen LogP contribution < -0.4 is 0 Å². The molecule has 148 valence electrons. The normalized spacial score (nSPS) is 17.4. The van der Waals surface area contributed by atoms with Crippen LogP contribution in [0.15, 0.2) is 36.5 Å². The van der Waals surface area contributed by atoms with Crippen molar-refractivity contribution in [2.24, 2.45) is 5.41 Å². The molecule has 1 aromatic carbocycles. The molecule has 2 heterocycles. The Kier molecular flexibility index (Phi) is 6.03. The molecule has 1 aliphatic rings. The Bertz CT molecular complexity index is 860. The number of nitrogens with zero attached hydrogens (tertiary/aromatic N) is 3. The minimum absolute atomic E-state index is 0.161. The van der Waals surface area contributed by atoms with Crippen molar-refractivity contribution in [3.8, 4) is 5.69 Å². The third-order valence-corrected chi connectivity index (χ3v) is 6.80. The van der Waals surface area contributed by atoms with Gasteiger partial charge in [0.2, 0.25) is 10.0 Å². The zero-order valence-electron chi connectivity index (χ0n) is 16.4. The second-order valence-electron chi connectivity index (χ2n) is 7.99. The summed E-state index contributed by atoms with van der Waals surface area (Å²) in [5, 5.41) is 4.56. The van der Waals surface area contributed by atoms with Crippen molar-refractivity contribution >= 4 is 10.0 Å². The second kappa shape index (κ2) is 8.12. The van der Waals surface area contributed by atoms with Crippen LogP contribution in [0.5, 0.6) is 0 Å². The minimum atomic E-state index is -3.32. The Labute approximate surface area is 162 Å². The van der Waals surface area contributed by atoms with Crippen LogP contribution in [0.4, 0.5) is 0 Å².